The zero-order valence-corrected chi connectivity index (χ0v) is 18.0. The van der Waals surface area contributed by atoms with Crippen molar-refractivity contribution in [3.8, 4) is 0 Å². The van der Waals surface area contributed by atoms with Gasteiger partial charge in [0.1, 0.15) is 11.1 Å². The van der Waals surface area contributed by atoms with Gasteiger partial charge >= 0.3 is 5.97 Å². The molecule has 0 aliphatic heterocycles. The predicted octanol–water partition coefficient (Wildman–Crippen LogP) is 6.07. The summed E-state index contributed by atoms with van der Waals surface area (Å²) in [6.07, 6.45) is 3.51. The molecule has 0 radical (unpaired) electrons. The van der Waals surface area contributed by atoms with Gasteiger partial charge in [-0.05, 0) is 30.9 Å². The van der Waals surface area contributed by atoms with Gasteiger partial charge in [-0.2, -0.15) is 0 Å². The summed E-state index contributed by atoms with van der Waals surface area (Å²) in [6, 6.07) is 2.65. The number of carbonyl (C=O) groups is 2. The maximum absolute atomic E-state index is 14.2. The number of benzene rings is 1. The van der Waals surface area contributed by atoms with E-state index in [1.54, 1.807) is 0 Å². The van der Waals surface area contributed by atoms with E-state index in [-0.39, 0.29) is 28.5 Å². The fourth-order valence-electron chi connectivity index (χ4n) is 2.24. The molecule has 0 aromatic heterocycles. The van der Waals surface area contributed by atoms with Crippen molar-refractivity contribution in [3.05, 3.63) is 23.0 Å². The Morgan fingerprint density at radius 1 is 1.26 bits per heavy atom. The van der Waals surface area contributed by atoms with E-state index in [1.807, 2.05) is 27.7 Å². The third-order valence-corrected chi connectivity index (χ3v) is 6.00. The first-order valence-electron chi connectivity index (χ1n) is 9.44. The van der Waals surface area contributed by atoms with Crippen LogP contribution in [0.4, 0.5) is 10.1 Å². The molecular weight excluding hydrogens is 389 g/mol. The lowest BCUT2D eigenvalue weighted by Crippen LogP contribution is -2.20. The average Bonchev–Trinajstić information content (AvgIpc) is 2.62. The molecule has 0 spiro atoms. The van der Waals surface area contributed by atoms with Gasteiger partial charge in [-0.3, -0.25) is 9.59 Å². The summed E-state index contributed by atoms with van der Waals surface area (Å²) < 4.78 is 19.5. The molecule has 27 heavy (non-hydrogen) atoms. The summed E-state index contributed by atoms with van der Waals surface area (Å²) in [5.74, 6) is -0.928. The van der Waals surface area contributed by atoms with Crippen LogP contribution in [0, 0.1) is 11.7 Å². The normalized spacial score (nSPS) is 13.1. The fraction of sp³-hybridized carbons (Fsp3) is 0.600. The summed E-state index contributed by atoms with van der Waals surface area (Å²) in [6.45, 7) is 8.26. The summed E-state index contributed by atoms with van der Waals surface area (Å²) >= 11 is 7.38. The number of amides is 1. The highest BCUT2D eigenvalue weighted by Crippen LogP contribution is 2.36. The highest BCUT2D eigenvalue weighted by Gasteiger charge is 2.22. The van der Waals surface area contributed by atoms with E-state index >= 15 is 0 Å². The molecule has 0 bridgehead atoms. The molecule has 0 aliphatic rings. The Morgan fingerprint density at radius 3 is 2.56 bits per heavy atom. The van der Waals surface area contributed by atoms with Gasteiger partial charge in [0.2, 0.25) is 5.91 Å². The second kappa shape index (κ2) is 12.2. The monoisotopic (exact) mass is 417 g/mol. The standard InChI is InChI=1S/C20H29ClFNO3S/c1-5-8-9-26-20(25)17(7-3)27-18-12-16(15(22)11-14(18)21)23-19(24)10-13(4)6-2/h11-13,17H,5-10H2,1-4H3,(H,23,24). The quantitative estimate of drug-likeness (QED) is 0.270. The van der Waals surface area contributed by atoms with Gasteiger partial charge in [0, 0.05) is 11.3 Å². The van der Waals surface area contributed by atoms with E-state index in [2.05, 4.69) is 5.32 Å². The molecule has 4 nitrogen and oxygen atoms in total. The zero-order chi connectivity index (χ0) is 20.4. The summed E-state index contributed by atoms with van der Waals surface area (Å²) in [5.41, 5.74) is 0.0735. The molecule has 7 heteroatoms. The molecule has 1 aromatic carbocycles. The zero-order valence-electron chi connectivity index (χ0n) is 16.4. The Balaban J connectivity index is 2.87. The minimum atomic E-state index is -0.597. The van der Waals surface area contributed by atoms with E-state index in [1.165, 1.54) is 17.8 Å². The van der Waals surface area contributed by atoms with Crippen LogP contribution in [0.25, 0.3) is 0 Å². The molecule has 1 aromatic rings. The lowest BCUT2D eigenvalue weighted by atomic mass is 10.1. The van der Waals surface area contributed by atoms with Crippen LogP contribution in [-0.2, 0) is 14.3 Å². The van der Waals surface area contributed by atoms with Gasteiger partial charge in [-0.15, -0.1) is 11.8 Å². The maximum Gasteiger partial charge on any atom is 0.319 e. The van der Waals surface area contributed by atoms with Gasteiger partial charge in [-0.1, -0.05) is 52.1 Å². The van der Waals surface area contributed by atoms with Crippen LogP contribution >= 0.6 is 23.4 Å². The number of ether oxygens (including phenoxy) is 1. The number of halogens is 2. The van der Waals surface area contributed by atoms with Crippen molar-refractivity contribution in [2.75, 3.05) is 11.9 Å². The van der Waals surface area contributed by atoms with Crippen LogP contribution in [0.5, 0.6) is 0 Å². The molecule has 152 valence electrons. The number of carbonyl (C=O) groups excluding carboxylic acids is 2. The number of unbranched alkanes of at least 4 members (excludes halogenated alkanes) is 1. The first kappa shape index (κ1) is 23.8. The van der Waals surface area contributed by atoms with E-state index in [4.69, 9.17) is 16.3 Å². The minimum Gasteiger partial charge on any atom is -0.465 e. The lowest BCUT2D eigenvalue weighted by molar-refractivity contribution is -0.143. The number of thioether (sulfide) groups is 1. The molecule has 2 unspecified atom stereocenters. The Hall–Kier alpha value is -1.27. The number of nitrogens with one attached hydrogen (secondary N) is 1. The highest BCUT2D eigenvalue weighted by atomic mass is 35.5. The van der Waals surface area contributed by atoms with Crippen LogP contribution in [0.1, 0.15) is 59.8 Å². The Labute approximate surface area is 170 Å². The van der Waals surface area contributed by atoms with Crippen molar-refractivity contribution in [1.82, 2.24) is 0 Å². The predicted molar refractivity (Wildman–Crippen MR) is 110 cm³/mol. The number of rotatable bonds is 11. The molecule has 1 N–H and O–H groups in total. The van der Waals surface area contributed by atoms with Crippen molar-refractivity contribution >= 4 is 40.9 Å². The number of esters is 1. The van der Waals surface area contributed by atoms with Crippen LogP contribution in [0.15, 0.2) is 17.0 Å². The molecule has 1 rings (SSSR count). The molecule has 0 heterocycles. The second-order valence-corrected chi connectivity index (χ2v) is 8.22. The van der Waals surface area contributed by atoms with Crippen LogP contribution in [-0.4, -0.2) is 23.7 Å². The number of anilines is 1. The fourth-order valence-corrected chi connectivity index (χ4v) is 3.52. The minimum absolute atomic E-state index is 0.0735. The van der Waals surface area contributed by atoms with Crippen LogP contribution in [0.3, 0.4) is 0 Å². The highest BCUT2D eigenvalue weighted by molar-refractivity contribution is 8.00. The van der Waals surface area contributed by atoms with Crippen LogP contribution < -0.4 is 5.32 Å². The molecular formula is C20H29ClFNO3S. The van der Waals surface area contributed by atoms with Gasteiger partial charge < -0.3 is 10.1 Å². The molecule has 0 saturated carbocycles. The van der Waals surface area contributed by atoms with E-state index < -0.39 is 11.1 Å². The smallest absolute Gasteiger partial charge is 0.319 e. The number of hydrogen-bond acceptors (Lipinski definition) is 4. The Morgan fingerprint density at radius 2 is 1.96 bits per heavy atom. The second-order valence-electron chi connectivity index (χ2n) is 6.56. The molecule has 1 amide bonds. The van der Waals surface area contributed by atoms with E-state index in [0.29, 0.717) is 24.3 Å². The Kier molecular flexibility index (Phi) is 10.8. The Bertz CT molecular complexity index is 642. The summed E-state index contributed by atoms with van der Waals surface area (Å²) in [7, 11) is 0. The molecule has 0 saturated heterocycles. The molecule has 0 aliphatic carbocycles. The average molecular weight is 418 g/mol. The SMILES string of the molecule is CCCCOC(=O)C(CC)Sc1cc(NC(=O)CC(C)CC)c(F)cc1Cl. The number of hydrogen-bond donors (Lipinski definition) is 1. The van der Waals surface area contributed by atoms with E-state index in [9.17, 15) is 14.0 Å². The third kappa shape index (κ3) is 8.09. The summed E-state index contributed by atoms with van der Waals surface area (Å²) in [4.78, 5) is 24.8. The van der Waals surface area contributed by atoms with Gasteiger partial charge in [-0.25, -0.2) is 4.39 Å². The van der Waals surface area contributed by atoms with Gasteiger partial charge in [0.05, 0.1) is 17.3 Å². The lowest BCUT2D eigenvalue weighted by Gasteiger charge is -2.16. The molecule has 2 atom stereocenters. The van der Waals surface area contributed by atoms with Crippen molar-refractivity contribution in [2.24, 2.45) is 5.92 Å². The maximum atomic E-state index is 14.2. The van der Waals surface area contributed by atoms with Gasteiger partial charge in [0.15, 0.2) is 0 Å². The third-order valence-electron chi connectivity index (χ3n) is 4.17. The van der Waals surface area contributed by atoms with Crippen molar-refractivity contribution in [3.63, 3.8) is 0 Å². The first-order chi connectivity index (χ1) is 12.8. The van der Waals surface area contributed by atoms with Gasteiger partial charge in [0.25, 0.3) is 0 Å². The molecule has 0 fully saturated rings. The van der Waals surface area contributed by atoms with Crippen molar-refractivity contribution in [1.29, 1.82) is 0 Å². The summed E-state index contributed by atoms with van der Waals surface area (Å²) in [5, 5.41) is 2.37. The van der Waals surface area contributed by atoms with Crippen molar-refractivity contribution in [2.45, 2.75) is 69.9 Å². The van der Waals surface area contributed by atoms with Crippen LogP contribution in [0.2, 0.25) is 5.02 Å². The largest absolute Gasteiger partial charge is 0.465 e. The van der Waals surface area contributed by atoms with Crippen molar-refractivity contribution < 1.29 is 18.7 Å². The van der Waals surface area contributed by atoms with E-state index in [0.717, 1.165) is 25.3 Å². The first-order valence-corrected chi connectivity index (χ1v) is 10.7. The topological polar surface area (TPSA) is 55.4 Å².